The highest BCUT2D eigenvalue weighted by molar-refractivity contribution is 7.17. The first kappa shape index (κ1) is 21.7. The van der Waals surface area contributed by atoms with Crippen LogP contribution in [0.1, 0.15) is 35.6 Å². The van der Waals surface area contributed by atoms with Gasteiger partial charge in [-0.2, -0.15) is 0 Å². The van der Waals surface area contributed by atoms with Crippen LogP contribution in [0.5, 0.6) is 0 Å². The van der Waals surface area contributed by atoms with Gasteiger partial charge in [0, 0.05) is 42.8 Å². The van der Waals surface area contributed by atoms with Crippen LogP contribution >= 0.6 is 11.3 Å². The number of Topliss-reactive ketones (excluding diaryl/α,β-unsaturated/α-hetero) is 1. The Morgan fingerprint density at radius 2 is 1.94 bits per heavy atom. The van der Waals surface area contributed by atoms with E-state index in [2.05, 4.69) is 50.6 Å². The summed E-state index contributed by atoms with van der Waals surface area (Å²) in [6, 6.07) is 18.5. The van der Waals surface area contributed by atoms with Crippen molar-refractivity contribution in [3.8, 4) is 0 Å². The largest absolute Gasteiger partial charge is 0.299 e. The van der Waals surface area contributed by atoms with Crippen molar-refractivity contribution in [2.45, 2.75) is 25.2 Å². The monoisotopic (exact) mass is 453 g/mol. The first-order valence-electron chi connectivity index (χ1n) is 11.5. The fraction of sp³-hybridized carbons (Fsp3) is 0.250. The van der Waals surface area contributed by atoms with Crippen LogP contribution in [0, 0.1) is 0 Å². The maximum atomic E-state index is 13.2. The van der Waals surface area contributed by atoms with Crippen LogP contribution in [0.25, 0.3) is 15.7 Å². The molecule has 0 bridgehead atoms. The van der Waals surface area contributed by atoms with Gasteiger partial charge in [0.05, 0.1) is 11.6 Å². The van der Waals surface area contributed by atoms with Crippen molar-refractivity contribution in [1.82, 2.24) is 14.9 Å². The minimum atomic E-state index is -0.190. The van der Waals surface area contributed by atoms with Crippen LogP contribution in [0.4, 0.5) is 0 Å². The Hall–Kier alpha value is -3.15. The van der Waals surface area contributed by atoms with Crippen LogP contribution in [0.3, 0.4) is 0 Å². The lowest BCUT2D eigenvalue weighted by molar-refractivity contribution is -0.120. The lowest BCUT2D eigenvalue weighted by atomic mass is 9.91. The molecule has 5 heteroatoms. The first-order chi connectivity index (χ1) is 16.3. The van der Waals surface area contributed by atoms with Gasteiger partial charge in [-0.05, 0) is 77.2 Å². The molecule has 1 atom stereocenters. The third-order valence-electron chi connectivity index (χ3n) is 6.41. The van der Waals surface area contributed by atoms with E-state index >= 15 is 0 Å². The van der Waals surface area contributed by atoms with Gasteiger partial charge < -0.3 is 0 Å². The number of fused-ring (bicyclic) bond motifs is 1. The number of carbonyl (C=O) groups excluding carboxylic acids is 1. The molecule has 4 aromatic rings. The number of pyridine rings is 2. The summed E-state index contributed by atoms with van der Waals surface area (Å²) in [6.45, 7) is 2.82. The van der Waals surface area contributed by atoms with Gasteiger partial charge in [0.1, 0.15) is 5.78 Å². The van der Waals surface area contributed by atoms with Crippen molar-refractivity contribution < 1.29 is 4.79 Å². The van der Waals surface area contributed by atoms with Gasteiger partial charge in [-0.15, -0.1) is 11.3 Å². The molecule has 1 aliphatic heterocycles. The number of thiophene rings is 1. The van der Waals surface area contributed by atoms with Crippen LogP contribution in [-0.4, -0.2) is 40.3 Å². The molecule has 1 aliphatic rings. The zero-order valence-corrected chi connectivity index (χ0v) is 19.4. The SMILES string of the molecule is O=C(Cc1ccncc1)C(CCN1CC=C(c2cccc3ccsc23)CC1)c1ccccn1. The molecule has 5 rings (SSSR count). The van der Waals surface area contributed by atoms with E-state index in [1.807, 2.05) is 41.7 Å². The van der Waals surface area contributed by atoms with Crippen molar-refractivity contribution in [3.63, 3.8) is 0 Å². The second-order valence-corrected chi connectivity index (χ2v) is 9.44. The summed E-state index contributed by atoms with van der Waals surface area (Å²) >= 11 is 1.82. The number of aromatic nitrogens is 2. The third-order valence-corrected chi connectivity index (χ3v) is 7.38. The zero-order valence-electron chi connectivity index (χ0n) is 18.6. The molecular weight excluding hydrogens is 426 g/mol. The Morgan fingerprint density at radius 1 is 1.03 bits per heavy atom. The molecule has 0 saturated carbocycles. The van der Waals surface area contributed by atoms with E-state index in [4.69, 9.17) is 0 Å². The van der Waals surface area contributed by atoms with Crippen molar-refractivity contribution in [2.24, 2.45) is 0 Å². The molecule has 4 heterocycles. The Balaban J connectivity index is 1.26. The summed E-state index contributed by atoms with van der Waals surface area (Å²) in [5, 5.41) is 3.50. The highest BCUT2D eigenvalue weighted by atomic mass is 32.1. The Kier molecular flexibility index (Phi) is 6.70. The van der Waals surface area contributed by atoms with E-state index in [0.717, 1.165) is 43.7 Å². The molecule has 1 unspecified atom stereocenters. The van der Waals surface area contributed by atoms with E-state index in [1.54, 1.807) is 18.6 Å². The number of ketones is 1. The van der Waals surface area contributed by atoms with Gasteiger partial charge in [-0.25, -0.2) is 0 Å². The second kappa shape index (κ2) is 10.2. The average Bonchev–Trinajstić information content (AvgIpc) is 3.35. The van der Waals surface area contributed by atoms with Crippen LogP contribution in [0.2, 0.25) is 0 Å². The van der Waals surface area contributed by atoms with Crippen molar-refractivity contribution in [2.75, 3.05) is 19.6 Å². The maximum Gasteiger partial charge on any atom is 0.146 e. The first-order valence-corrected chi connectivity index (χ1v) is 12.4. The lowest BCUT2D eigenvalue weighted by Crippen LogP contribution is -2.31. The van der Waals surface area contributed by atoms with Gasteiger partial charge in [-0.3, -0.25) is 19.7 Å². The summed E-state index contributed by atoms with van der Waals surface area (Å²) in [7, 11) is 0. The van der Waals surface area contributed by atoms with E-state index in [-0.39, 0.29) is 11.7 Å². The van der Waals surface area contributed by atoms with E-state index < -0.39 is 0 Å². The normalized spacial score (nSPS) is 15.3. The molecule has 0 aliphatic carbocycles. The molecule has 3 aromatic heterocycles. The summed E-state index contributed by atoms with van der Waals surface area (Å²) in [6.07, 6.45) is 9.87. The van der Waals surface area contributed by atoms with Gasteiger partial charge in [0.15, 0.2) is 0 Å². The molecule has 0 radical (unpaired) electrons. The zero-order chi connectivity index (χ0) is 22.5. The van der Waals surface area contributed by atoms with Crippen molar-refractivity contribution >= 4 is 32.8 Å². The molecular formula is C28H27N3OS. The topological polar surface area (TPSA) is 46.1 Å². The quantitative estimate of drug-likeness (QED) is 0.340. The molecule has 0 spiro atoms. The summed E-state index contributed by atoms with van der Waals surface area (Å²) in [4.78, 5) is 24.3. The van der Waals surface area contributed by atoms with Crippen molar-refractivity contribution in [3.05, 3.63) is 101 Å². The molecule has 33 heavy (non-hydrogen) atoms. The Labute approximate surface area is 198 Å². The van der Waals surface area contributed by atoms with E-state index in [9.17, 15) is 4.79 Å². The van der Waals surface area contributed by atoms with E-state index in [1.165, 1.54) is 21.2 Å². The summed E-state index contributed by atoms with van der Waals surface area (Å²) in [5.41, 5.74) is 4.69. The average molecular weight is 454 g/mol. The summed E-state index contributed by atoms with van der Waals surface area (Å²) < 4.78 is 1.38. The number of hydrogen-bond acceptors (Lipinski definition) is 5. The predicted octanol–water partition coefficient (Wildman–Crippen LogP) is 5.77. The smallest absolute Gasteiger partial charge is 0.146 e. The van der Waals surface area contributed by atoms with Gasteiger partial charge in [0.25, 0.3) is 0 Å². The van der Waals surface area contributed by atoms with Crippen molar-refractivity contribution in [1.29, 1.82) is 0 Å². The number of rotatable bonds is 8. The minimum absolute atomic E-state index is 0.190. The Morgan fingerprint density at radius 3 is 2.73 bits per heavy atom. The van der Waals surface area contributed by atoms with E-state index in [0.29, 0.717) is 6.42 Å². The van der Waals surface area contributed by atoms with Crippen LogP contribution < -0.4 is 0 Å². The van der Waals surface area contributed by atoms with Crippen LogP contribution in [-0.2, 0) is 11.2 Å². The lowest BCUT2D eigenvalue weighted by Gasteiger charge is -2.28. The third kappa shape index (κ3) is 5.10. The highest BCUT2D eigenvalue weighted by Crippen LogP contribution is 2.33. The Bertz CT molecular complexity index is 1250. The maximum absolute atomic E-state index is 13.2. The molecule has 166 valence electrons. The molecule has 1 aromatic carbocycles. The molecule has 4 nitrogen and oxygen atoms in total. The number of carbonyl (C=O) groups is 1. The highest BCUT2D eigenvalue weighted by Gasteiger charge is 2.24. The fourth-order valence-electron chi connectivity index (χ4n) is 4.60. The van der Waals surface area contributed by atoms with Gasteiger partial charge >= 0.3 is 0 Å². The molecule has 0 saturated heterocycles. The number of hydrogen-bond donors (Lipinski definition) is 0. The fourth-order valence-corrected chi connectivity index (χ4v) is 5.55. The minimum Gasteiger partial charge on any atom is -0.299 e. The summed E-state index contributed by atoms with van der Waals surface area (Å²) in [5.74, 6) is 0.0297. The second-order valence-electron chi connectivity index (χ2n) is 8.52. The predicted molar refractivity (Wildman–Crippen MR) is 135 cm³/mol. The molecule has 0 amide bonds. The van der Waals surface area contributed by atoms with Crippen LogP contribution in [0.15, 0.2) is 84.6 Å². The molecule has 0 fully saturated rings. The number of nitrogens with zero attached hydrogens (tertiary/aromatic N) is 3. The molecule has 0 N–H and O–H groups in total. The van der Waals surface area contributed by atoms with Gasteiger partial charge in [0.2, 0.25) is 0 Å². The standard InChI is InChI=1S/C28H27N3OS/c32-27(20-21-7-14-29-15-8-21)25(26-6-1-2-13-30-26)11-18-31-16-9-22(10-17-31)24-5-3-4-23-12-19-33-28(23)24/h1-9,12-15,19,25H,10-11,16-18,20H2. The van der Waals surface area contributed by atoms with Gasteiger partial charge in [-0.1, -0.05) is 30.3 Å². The number of benzene rings is 1.